The fourth-order valence-electron chi connectivity index (χ4n) is 11.8. The molecule has 0 saturated heterocycles. The zero-order valence-corrected chi connectivity index (χ0v) is 50.4. The van der Waals surface area contributed by atoms with Crippen LogP contribution in [0.3, 0.4) is 0 Å². The second kappa shape index (κ2) is 18.9. The molecule has 3 nitrogen and oxygen atoms in total. The molecule has 3 heterocycles. The lowest BCUT2D eigenvalue weighted by Gasteiger charge is -2.44. The molecule has 2 aliphatic rings. The third-order valence-electron chi connectivity index (χ3n) is 16.6. The fraction of sp³-hybridized carbons (Fsp3) is 0.315. The van der Waals surface area contributed by atoms with Gasteiger partial charge < -0.3 is 14.7 Å². The molecule has 78 heavy (non-hydrogen) atoms. The minimum atomic E-state index is -0.0596. The average molecular weight is 1040 g/mol. The summed E-state index contributed by atoms with van der Waals surface area (Å²) in [5, 5.41) is 1.32. The third-order valence-corrected chi connectivity index (χ3v) is 17.8. The summed E-state index contributed by atoms with van der Waals surface area (Å²) >= 11 is 1.98. The minimum Gasteiger partial charge on any atom is -0.311 e. The molecule has 0 spiro atoms. The average Bonchev–Trinajstić information content (AvgIpc) is 3.67. The summed E-state index contributed by atoms with van der Waals surface area (Å²) in [6.45, 7) is 39.4. The van der Waals surface area contributed by atoms with Gasteiger partial charge in [0.25, 0.3) is 6.71 Å². The maximum Gasteiger partial charge on any atom is 0.264 e. The Morgan fingerprint density at radius 3 is 1.42 bits per heavy atom. The van der Waals surface area contributed by atoms with Crippen molar-refractivity contribution < 1.29 is 0 Å². The third kappa shape index (κ3) is 9.48. The van der Waals surface area contributed by atoms with E-state index in [1.54, 1.807) is 0 Å². The van der Waals surface area contributed by atoms with Gasteiger partial charge >= 0.3 is 0 Å². The molecule has 9 aromatic rings. The van der Waals surface area contributed by atoms with Crippen molar-refractivity contribution in [2.24, 2.45) is 0 Å². The molecule has 0 amide bonds. The molecule has 0 aliphatic carbocycles. The molecule has 8 aromatic carbocycles. The van der Waals surface area contributed by atoms with Crippen LogP contribution in [0, 0.1) is 0 Å². The van der Waals surface area contributed by atoms with Crippen LogP contribution in [-0.2, 0) is 27.1 Å². The Balaban J connectivity index is 1.26. The van der Waals surface area contributed by atoms with E-state index in [1.165, 1.54) is 104 Å². The van der Waals surface area contributed by atoms with Gasteiger partial charge in [0.2, 0.25) is 0 Å². The molecule has 5 heteroatoms. The van der Waals surface area contributed by atoms with Gasteiger partial charge in [0.05, 0.1) is 11.4 Å². The largest absolute Gasteiger partial charge is 0.311 e. The van der Waals surface area contributed by atoms with Crippen molar-refractivity contribution >= 4 is 95.0 Å². The van der Waals surface area contributed by atoms with Crippen molar-refractivity contribution in [2.45, 2.75) is 151 Å². The number of fused-ring (bicyclic) bond motifs is 6. The van der Waals surface area contributed by atoms with Crippen molar-refractivity contribution in [2.75, 3.05) is 14.7 Å². The van der Waals surface area contributed by atoms with Crippen molar-refractivity contribution in [1.29, 1.82) is 0 Å². The van der Waals surface area contributed by atoms with Gasteiger partial charge in [0.15, 0.2) is 0 Å². The number of hydrogen-bond acceptors (Lipinski definition) is 4. The van der Waals surface area contributed by atoms with E-state index in [9.17, 15) is 0 Å². The number of thiophene rings is 1. The molecule has 396 valence electrons. The predicted octanol–water partition coefficient (Wildman–Crippen LogP) is 19.7. The standard InChI is InChI=1S/C73H80BN3S/c1-46(2)48-41-63-66-64(42-48)77(61-39-29-52(72(12,13)14)43-58(61)47-21-19-18-20-22-47)62-45-57(75(54-31-23-49(24-32-54)69(3,4)5)55-33-25-50(26-34-55)70(6,7)8)37-38-60(62)74(66)68-67(59-44-53(73(15,16)17)30-40-65(59)78-68)76(63)56-35-27-51(28-36-56)71(9,10)11/h18-46H,1-17H3. The van der Waals surface area contributed by atoms with E-state index in [0.717, 1.165) is 17.1 Å². The van der Waals surface area contributed by atoms with Crippen LogP contribution in [0.25, 0.3) is 21.2 Å². The summed E-state index contributed by atoms with van der Waals surface area (Å²) in [6.07, 6.45) is 0. The highest BCUT2D eigenvalue weighted by Gasteiger charge is 2.46. The van der Waals surface area contributed by atoms with E-state index in [-0.39, 0.29) is 39.7 Å². The van der Waals surface area contributed by atoms with E-state index in [4.69, 9.17) is 0 Å². The maximum absolute atomic E-state index is 2.66. The summed E-state index contributed by atoms with van der Waals surface area (Å²) in [5.74, 6) is 0.261. The van der Waals surface area contributed by atoms with Crippen LogP contribution >= 0.6 is 11.3 Å². The maximum atomic E-state index is 2.66. The van der Waals surface area contributed by atoms with Crippen molar-refractivity contribution in [3.05, 3.63) is 203 Å². The summed E-state index contributed by atoms with van der Waals surface area (Å²) in [4.78, 5) is 7.79. The Morgan fingerprint density at radius 1 is 0.423 bits per heavy atom. The van der Waals surface area contributed by atoms with E-state index in [0.29, 0.717) is 0 Å². The number of benzene rings is 8. The van der Waals surface area contributed by atoms with Gasteiger partial charge in [0.1, 0.15) is 0 Å². The highest BCUT2D eigenvalue weighted by molar-refractivity contribution is 7.33. The van der Waals surface area contributed by atoms with Crippen LogP contribution in [0.1, 0.15) is 157 Å². The molecular formula is C73H80BN3S. The number of rotatable bonds is 7. The lowest BCUT2D eigenvalue weighted by molar-refractivity contribution is 0.590. The van der Waals surface area contributed by atoms with Gasteiger partial charge in [-0.15, -0.1) is 11.3 Å². The van der Waals surface area contributed by atoms with Crippen LogP contribution in [0.5, 0.6) is 0 Å². The van der Waals surface area contributed by atoms with Crippen molar-refractivity contribution in [3.63, 3.8) is 0 Å². The van der Waals surface area contributed by atoms with Crippen LogP contribution in [0.15, 0.2) is 170 Å². The van der Waals surface area contributed by atoms with Gasteiger partial charge in [-0.25, -0.2) is 0 Å². The Kier molecular flexibility index (Phi) is 12.9. The van der Waals surface area contributed by atoms with Crippen molar-refractivity contribution in [3.8, 4) is 11.1 Å². The molecule has 0 saturated carbocycles. The lowest BCUT2D eigenvalue weighted by Crippen LogP contribution is -2.60. The Hall–Kier alpha value is -6.82. The number of nitrogens with zero attached hydrogens (tertiary/aromatic N) is 3. The van der Waals surface area contributed by atoms with Crippen LogP contribution < -0.4 is 30.4 Å². The van der Waals surface area contributed by atoms with Crippen LogP contribution in [0.2, 0.25) is 0 Å². The van der Waals surface area contributed by atoms with Crippen LogP contribution in [0.4, 0.5) is 51.2 Å². The molecule has 11 rings (SSSR count). The highest BCUT2D eigenvalue weighted by atomic mass is 32.1. The van der Waals surface area contributed by atoms with Crippen LogP contribution in [-0.4, -0.2) is 6.71 Å². The molecule has 0 fully saturated rings. The summed E-state index contributed by atoms with van der Waals surface area (Å²) < 4.78 is 2.70. The van der Waals surface area contributed by atoms with Gasteiger partial charge in [-0.2, -0.15) is 0 Å². The Bertz CT molecular complexity index is 3660. The predicted molar refractivity (Wildman–Crippen MR) is 344 cm³/mol. The van der Waals surface area contributed by atoms with Gasteiger partial charge in [0, 0.05) is 60.2 Å². The molecule has 2 aliphatic heterocycles. The second-order valence-corrected chi connectivity index (χ2v) is 28.9. The minimum absolute atomic E-state index is 0.0213. The first-order valence-electron chi connectivity index (χ1n) is 28.5. The molecule has 0 atom stereocenters. The van der Waals surface area contributed by atoms with Crippen molar-refractivity contribution in [1.82, 2.24) is 0 Å². The quantitative estimate of drug-likeness (QED) is 0.147. The normalized spacial score (nSPS) is 13.7. The summed E-state index contributed by atoms with van der Waals surface area (Å²) in [5.41, 5.74) is 23.7. The molecule has 0 N–H and O–H groups in total. The molecule has 0 bridgehead atoms. The van der Waals surface area contributed by atoms with Gasteiger partial charge in [-0.1, -0.05) is 203 Å². The Labute approximate surface area is 472 Å². The zero-order valence-electron chi connectivity index (χ0n) is 49.6. The molecule has 0 radical (unpaired) electrons. The summed E-state index contributed by atoms with van der Waals surface area (Å²) in [7, 11) is 0. The first kappa shape index (κ1) is 53.2. The monoisotopic (exact) mass is 1040 g/mol. The summed E-state index contributed by atoms with van der Waals surface area (Å²) in [6, 6.07) is 66.2. The first-order chi connectivity index (χ1) is 36.7. The fourth-order valence-corrected chi connectivity index (χ4v) is 13.1. The van der Waals surface area contributed by atoms with E-state index in [1.807, 2.05) is 11.3 Å². The SMILES string of the molecule is CC(C)c1cc2c3c(c1)N(c1ccc(C(C)(C)C)cc1)c1c(sc4ccc(C(C)(C)C)cc14)B3c1ccc(N(c3ccc(C(C)(C)C)cc3)c3ccc(C(C)(C)C)cc3)cc1N2c1ccc(C(C)(C)C)cc1-c1ccccc1. The molecule has 1 aromatic heterocycles. The van der Waals surface area contributed by atoms with Gasteiger partial charge in [-0.05, 0) is 168 Å². The topological polar surface area (TPSA) is 9.72 Å². The smallest absolute Gasteiger partial charge is 0.264 e. The molecular weight excluding hydrogens is 962 g/mol. The van der Waals surface area contributed by atoms with E-state index >= 15 is 0 Å². The van der Waals surface area contributed by atoms with Gasteiger partial charge in [-0.3, -0.25) is 0 Å². The number of anilines is 9. The number of hydrogen-bond donors (Lipinski definition) is 0. The zero-order chi connectivity index (χ0) is 55.6. The lowest BCUT2D eigenvalue weighted by atomic mass is 9.36. The van der Waals surface area contributed by atoms with E-state index < -0.39 is 0 Å². The molecule has 0 unspecified atom stereocenters. The highest BCUT2D eigenvalue weighted by Crippen LogP contribution is 2.52. The first-order valence-corrected chi connectivity index (χ1v) is 29.3. The Morgan fingerprint density at radius 2 is 0.897 bits per heavy atom. The van der Waals surface area contributed by atoms with E-state index in [2.05, 4.69) is 302 Å². The second-order valence-electron chi connectivity index (χ2n) is 27.8.